The summed E-state index contributed by atoms with van der Waals surface area (Å²) in [5, 5.41) is 21.6. The summed E-state index contributed by atoms with van der Waals surface area (Å²) in [5.74, 6) is 1.26. The summed E-state index contributed by atoms with van der Waals surface area (Å²) in [6.07, 6.45) is 2.57. The summed E-state index contributed by atoms with van der Waals surface area (Å²) in [6.45, 7) is 5.88. The minimum atomic E-state index is -0.389. The van der Waals surface area contributed by atoms with E-state index in [0.717, 1.165) is 6.54 Å². The normalized spacial score (nSPS) is 27.2. The minimum Gasteiger partial charge on any atom is -0.396 e. The first-order valence-electron chi connectivity index (χ1n) is 5.60. The molecule has 0 saturated carbocycles. The smallest absolute Gasteiger partial charge is 0.0518 e. The van der Waals surface area contributed by atoms with Gasteiger partial charge >= 0.3 is 0 Å². The summed E-state index contributed by atoms with van der Waals surface area (Å²) in [4.78, 5) is 0. The van der Waals surface area contributed by atoms with Crippen molar-refractivity contribution in [1.29, 1.82) is 0 Å². The standard InChI is InChI=1S/C11H23NO2S/c1-10(8-13,9-14)6-12-7-11(2)4-3-5-15-11/h12-14H,3-9H2,1-2H3. The van der Waals surface area contributed by atoms with Crippen LogP contribution in [0.4, 0.5) is 0 Å². The van der Waals surface area contributed by atoms with Crippen molar-refractivity contribution in [3.8, 4) is 0 Å². The van der Waals surface area contributed by atoms with Gasteiger partial charge in [0.05, 0.1) is 13.2 Å². The van der Waals surface area contributed by atoms with E-state index in [1.54, 1.807) is 0 Å². The molecule has 4 heteroatoms. The number of rotatable bonds is 6. The quantitative estimate of drug-likeness (QED) is 0.637. The number of hydrogen-bond donors (Lipinski definition) is 3. The third-order valence-electron chi connectivity index (χ3n) is 3.11. The van der Waals surface area contributed by atoms with E-state index in [1.807, 2.05) is 18.7 Å². The second kappa shape index (κ2) is 5.53. The van der Waals surface area contributed by atoms with Gasteiger partial charge in [-0.1, -0.05) is 6.92 Å². The molecular weight excluding hydrogens is 210 g/mol. The van der Waals surface area contributed by atoms with Gasteiger partial charge < -0.3 is 15.5 Å². The molecule has 0 spiro atoms. The van der Waals surface area contributed by atoms with Gasteiger partial charge in [-0.2, -0.15) is 11.8 Å². The van der Waals surface area contributed by atoms with Gasteiger partial charge in [0.25, 0.3) is 0 Å². The molecule has 0 aliphatic carbocycles. The third-order valence-corrected chi connectivity index (χ3v) is 4.65. The first-order valence-corrected chi connectivity index (χ1v) is 6.59. The van der Waals surface area contributed by atoms with Crippen LogP contribution in [0.5, 0.6) is 0 Å². The largest absolute Gasteiger partial charge is 0.396 e. The van der Waals surface area contributed by atoms with Crippen LogP contribution >= 0.6 is 11.8 Å². The maximum absolute atomic E-state index is 9.14. The van der Waals surface area contributed by atoms with E-state index < -0.39 is 0 Å². The molecule has 1 fully saturated rings. The van der Waals surface area contributed by atoms with Crippen molar-refractivity contribution in [3.05, 3.63) is 0 Å². The zero-order valence-electron chi connectivity index (χ0n) is 9.75. The van der Waals surface area contributed by atoms with Crippen LogP contribution < -0.4 is 5.32 Å². The average molecular weight is 233 g/mol. The van der Waals surface area contributed by atoms with Crippen molar-refractivity contribution in [2.75, 3.05) is 32.1 Å². The molecule has 3 N–H and O–H groups in total. The highest BCUT2D eigenvalue weighted by Gasteiger charge is 2.30. The molecule has 0 aromatic heterocycles. The van der Waals surface area contributed by atoms with Crippen molar-refractivity contribution in [1.82, 2.24) is 5.32 Å². The van der Waals surface area contributed by atoms with Gasteiger partial charge in [-0.25, -0.2) is 0 Å². The lowest BCUT2D eigenvalue weighted by atomic mass is 9.93. The van der Waals surface area contributed by atoms with Crippen LogP contribution in [0.3, 0.4) is 0 Å². The van der Waals surface area contributed by atoms with E-state index in [9.17, 15) is 0 Å². The minimum absolute atomic E-state index is 0.0281. The molecule has 1 heterocycles. The Labute approximate surface area is 96.6 Å². The second-order valence-electron chi connectivity index (χ2n) is 5.13. The monoisotopic (exact) mass is 233 g/mol. The second-order valence-corrected chi connectivity index (χ2v) is 6.81. The van der Waals surface area contributed by atoms with Gasteiger partial charge in [-0.3, -0.25) is 0 Å². The van der Waals surface area contributed by atoms with Crippen LogP contribution in [0.1, 0.15) is 26.7 Å². The highest BCUT2D eigenvalue weighted by molar-refractivity contribution is 8.00. The molecule has 0 radical (unpaired) electrons. The van der Waals surface area contributed by atoms with Gasteiger partial charge in [0, 0.05) is 23.3 Å². The first-order chi connectivity index (χ1) is 7.04. The highest BCUT2D eigenvalue weighted by atomic mass is 32.2. The molecule has 0 aromatic carbocycles. The van der Waals surface area contributed by atoms with Crippen LogP contribution in [0, 0.1) is 5.41 Å². The molecule has 1 saturated heterocycles. The molecule has 0 bridgehead atoms. The molecule has 15 heavy (non-hydrogen) atoms. The van der Waals surface area contributed by atoms with Crippen molar-refractivity contribution in [3.63, 3.8) is 0 Å². The average Bonchev–Trinajstić information content (AvgIpc) is 2.65. The maximum Gasteiger partial charge on any atom is 0.0518 e. The van der Waals surface area contributed by atoms with Gasteiger partial charge in [-0.15, -0.1) is 0 Å². The summed E-state index contributed by atoms with van der Waals surface area (Å²) in [5.41, 5.74) is -0.389. The van der Waals surface area contributed by atoms with Gasteiger partial charge in [-0.05, 0) is 25.5 Å². The Morgan fingerprint density at radius 3 is 2.53 bits per heavy atom. The van der Waals surface area contributed by atoms with Crippen molar-refractivity contribution >= 4 is 11.8 Å². The van der Waals surface area contributed by atoms with E-state index in [2.05, 4.69) is 12.2 Å². The fraction of sp³-hybridized carbons (Fsp3) is 1.00. The lowest BCUT2D eigenvalue weighted by molar-refractivity contribution is 0.0694. The third kappa shape index (κ3) is 3.94. The Balaban J connectivity index is 2.25. The Bertz CT molecular complexity index is 185. The number of hydrogen-bond acceptors (Lipinski definition) is 4. The Hall–Kier alpha value is 0.230. The predicted octanol–water partition coefficient (Wildman–Crippen LogP) is 0.853. The molecule has 0 amide bonds. The van der Waals surface area contributed by atoms with Crippen LogP contribution in [0.2, 0.25) is 0 Å². The molecule has 0 aromatic rings. The van der Waals surface area contributed by atoms with E-state index >= 15 is 0 Å². The molecule has 1 unspecified atom stereocenters. The van der Waals surface area contributed by atoms with Crippen LogP contribution in [-0.2, 0) is 0 Å². The molecular formula is C11H23NO2S. The summed E-state index contributed by atoms with van der Waals surface area (Å²) in [6, 6.07) is 0. The number of nitrogens with one attached hydrogen (secondary N) is 1. The molecule has 90 valence electrons. The van der Waals surface area contributed by atoms with E-state index in [0.29, 0.717) is 11.3 Å². The van der Waals surface area contributed by atoms with Crippen molar-refractivity contribution < 1.29 is 10.2 Å². The van der Waals surface area contributed by atoms with Crippen LogP contribution in [0.15, 0.2) is 0 Å². The van der Waals surface area contributed by atoms with Crippen molar-refractivity contribution in [2.45, 2.75) is 31.4 Å². The molecule has 1 aliphatic heterocycles. The number of thioether (sulfide) groups is 1. The first kappa shape index (κ1) is 13.3. The fourth-order valence-corrected chi connectivity index (χ4v) is 3.04. The summed E-state index contributed by atoms with van der Waals surface area (Å²) in [7, 11) is 0. The zero-order chi connectivity index (χ0) is 11.4. The SMILES string of the molecule is CC(CO)(CO)CNCC1(C)CCCS1. The molecule has 1 aliphatic rings. The van der Waals surface area contributed by atoms with Crippen LogP contribution in [-0.4, -0.2) is 47.0 Å². The van der Waals surface area contributed by atoms with Gasteiger partial charge in [0.1, 0.15) is 0 Å². The van der Waals surface area contributed by atoms with E-state index in [1.165, 1.54) is 18.6 Å². The van der Waals surface area contributed by atoms with E-state index in [4.69, 9.17) is 10.2 Å². The lowest BCUT2D eigenvalue weighted by Crippen LogP contribution is -2.42. The van der Waals surface area contributed by atoms with Gasteiger partial charge in [0.2, 0.25) is 0 Å². The zero-order valence-corrected chi connectivity index (χ0v) is 10.6. The topological polar surface area (TPSA) is 52.5 Å². The van der Waals surface area contributed by atoms with Crippen LogP contribution in [0.25, 0.3) is 0 Å². The van der Waals surface area contributed by atoms with Gasteiger partial charge in [0.15, 0.2) is 0 Å². The highest BCUT2D eigenvalue weighted by Crippen LogP contribution is 2.37. The molecule has 3 nitrogen and oxygen atoms in total. The predicted molar refractivity (Wildman–Crippen MR) is 65.2 cm³/mol. The number of aliphatic hydroxyl groups excluding tert-OH is 2. The molecule has 1 atom stereocenters. The van der Waals surface area contributed by atoms with Crippen molar-refractivity contribution in [2.24, 2.45) is 5.41 Å². The van der Waals surface area contributed by atoms with E-state index in [-0.39, 0.29) is 18.6 Å². The molecule has 1 rings (SSSR count). The number of aliphatic hydroxyl groups is 2. The lowest BCUT2D eigenvalue weighted by Gasteiger charge is -2.29. The summed E-state index contributed by atoms with van der Waals surface area (Å²) >= 11 is 2.02. The maximum atomic E-state index is 9.14. The Morgan fingerprint density at radius 1 is 1.40 bits per heavy atom. The Morgan fingerprint density at radius 2 is 2.07 bits per heavy atom. The fourth-order valence-electron chi connectivity index (χ4n) is 1.77. The Kier molecular flexibility index (Phi) is 4.90. The summed E-state index contributed by atoms with van der Waals surface area (Å²) < 4.78 is 0.353.